The van der Waals surface area contributed by atoms with Crippen LogP contribution in [0.5, 0.6) is 5.75 Å². The highest BCUT2D eigenvalue weighted by atomic mass is 16.4. The van der Waals surface area contributed by atoms with Gasteiger partial charge in [0.05, 0.1) is 10.9 Å². The Balaban J connectivity index is 2.51. The molecule has 3 aromatic rings. The number of benzene rings is 2. The molecule has 0 aliphatic rings. The number of nitrogens with zero attached hydrogens (tertiary/aromatic N) is 1. The van der Waals surface area contributed by atoms with Gasteiger partial charge in [0.2, 0.25) is 0 Å². The molecule has 1 aromatic heterocycles. The number of aryl methyl sites for hydroxylation is 1. The van der Waals surface area contributed by atoms with Crippen LogP contribution in [-0.4, -0.2) is 24.1 Å². The highest BCUT2D eigenvalue weighted by Gasteiger charge is 2.17. The molecule has 0 unspecified atom stereocenters. The molecule has 0 spiro atoms. The highest BCUT2D eigenvalue weighted by molar-refractivity contribution is 6.06. The second-order valence-corrected chi connectivity index (χ2v) is 5.77. The van der Waals surface area contributed by atoms with Crippen LogP contribution in [0.1, 0.15) is 18.1 Å². The van der Waals surface area contributed by atoms with E-state index in [9.17, 15) is 9.90 Å². The summed E-state index contributed by atoms with van der Waals surface area (Å²) in [7, 11) is 3.84. The quantitative estimate of drug-likeness (QED) is 0.595. The average Bonchev–Trinajstić information content (AvgIpc) is 2.50. The maximum absolute atomic E-state index is 12.2. The molecule has 0 fully saturated rings. The summed E-state index contributed by atoms with van der Waals surface area (Å²) in [5.41, 5.74) is 1.64. The van der Waals surface area contributed by atoms with Crippen LogP contribution in [0.25, 0.3) is 21.7 Å². The molecule has 0 bridgehead atoms. The van der Waals surface area contributed by atoms with Gasteiger partial charge < -0.3 is 14.4 Å². The lowest BCUT2D eigenvalue weighted by atomic mass is 9.99. The molecule has 0 aliphatic heterocycles. The van der Waals surface area contributed by atoms with E-state index in [2.05, 4.69) is 0 Å². The van der Waals surface area contributed by atoms with Gasteiger partial charge in [-0.15, -0.1) is 0 Å². The molecule has 4 nitrogen and oxygen atoms in total. The first kappa shape index (κ1) is 14.6. The van der Waals surface area contributed by atoms with Gasteiger partial charge in [-0.25, -0.2) is 4.79 Å². The van der Waals surface area contributed by atoms with Crippen LogP contribution >= 0.6 is 0 Å². The Morgan fingerprint density at radius 2 is 1.82 bits per heavy atom. The molecule has 0 atom stereocenters. The zero-order valence-corrected chi connectivity index (χ0v) is 13.0. The van der Waals surface area contributed by atoms with Crippen LogP contribution in [0.4, 0.5) is 0 Å². The number of fused-ring (bicyclic) bond motifs is 3. The van der Waals surface area contributed by atoms with Crippen LogP contribution in [0.2, 0.25) is 0 Å². The van der Waals surface area contributed by atoms with Crippen molar-refractivity contribution in [2.75, 3.05) is 14.1 Å². The molecule has 1 N–H and O–H groups in total. The van der Waals surface area contributed by atoms with Crippen molar-refractivity contribution >= 4 is 21.7 Å². The van der Waals surface area contributed by atoms with Gasteiger partial charge in [-0.1, -0.05) is 25.1 Å². The molecule has 0 saturated carbocycles. The number of phenols is 1. The summed E-state index contributed by atoms with van der Waals surface area (Å²) in [6.45, 7) is 2.51. The zero-order chi connectivity index (χ0) is 15.9. The molecule has 2 aromatic carbocycles. The van der Waals surface area contributed by atoms with Gasteiger partial charge in [0.25, 0.3) is 0 Å². The van der Waals surface area contributed by atoms with Crippen molar-refractivity contribution in [2.24, 2.45) is 0 Å². The van der Waals surface area contributed by atoms with Gasteiger partial charge in [-0.2, -0.15) is 0 Å². The van der Waals surface area contributed by atoms with E-state index in [1.54, 1.807) is 6.07 Å². The van der Waals surface area contributed by atoms with E-state index in [-0.39, 0.29) is 11.4 Å². The summed E-state index contributed by atoms with van der Waals surface area (Å²) in [5, 5.41) is 12.8. The molecule has 0 amide bonds. The van der Waals surface area contributed by atoms with Gasteiger partial charge in [-0.3, -0.25) is 0 Å². The molecule has 0 aliphatic carbocycles. The molecule has 0 saturated heterocycles. The molecule has 1 heterocycles. The monoisotopic (exact) mass is 297 g/mol. The topological polar surface area (TPSA) is 53.7 Å². The van der Waals surface area contributed by atoms with Crippen molar-refractivity contribution in [3.05, 3.63) is 51.9 Å². The van der Waals surface area contributed by atoms with Crippen molar-refractivity contribution in [3.63, 3.8) is 0 Å². The first-order valence-corrected chi connectivity index (χ1v) is 7.37. The van der Waals surface area contributed by atoms with Gasteiger partial charge in [0, 0.05) is 11.9 Å². The average molecular weight is 297 g/mol. The fourth-order valence-corrected chi connectivity index (χ4v) is 2.86. The fraction of sp³-hybridized carbons (Fsp3) is 0.278. The minimum absolute atomic E-state index is 0.224. The molecule has 0 radical (unpaired) electrons. The lowest BCUT2D eigenvalue weighted by molar-refractivity contribution is 0.382. The number of aromatic hydroxyl groups is 1. The predicted molar refractivity (Wildman–Crippen MR) is 88.4 cm³/mol. The predicted octanol–water partition coefficient (Wildman–Crippen LogP) is 3.28. The van der Waals surface area contributed by atoms with Crippen LogP contribution < -0.4 is 5.63 Å². The van der Waals surface area contributed by atoms with E-state index < -0.39 is 0 Å². The van der Waals surface area contributed by atoms with Gasteiger partial charge in [0.1, 0.15) is 11.3 Å². The number of phenolic OH excluding ortho intramolecular Hbond substituents is 1. The lowest BCUT2D eigenvalue weighted by Crippen LogP contribution is -2.12. The van der Waals surface area contributed by atoms with Crippen LogP contribution in [0.15, 0.2) is 39.5 Å². The Bertz CT molecular complexity index is 909. The summed E-state index contributed by atoms with van der Waals surface area (Å²) in [5.74, 6) is 0.224. The third kappa shape index (κ3) is 2.25. The largest absolute Gasteiger partial charge is 0.507 e. The van der Waals surface area contributed by atoms with E-state index in [1.807, 2.05) is 50.2 Å². The van der Waals surface area contributed by atoms with Gasteiger partial charge in [0.15, 0.2) is 0 Å². The van der Waals surface area contributed by atoms with E-state index in [4.69, 9.17) is 4.42 Å². The standard InChI is InChI=1S/C18H19NO3/c1-4-11-9-14-12-7-5-6-8-13(12)18(21)22-17(14)15(16(11)20)10-19(2)3/h5-9,20H,4,10H2,1-3H3. The molecular formula is C18H19NO3. The maximum atomic E-state index is 12.2. The Morgan fingerprint density at radius 1 is 1.14 bits per heavy atom. The fourth-order valence-electron chi connectivity index (χ4n) is 2.86. The van der Waals surface area contributed by atoms with Crippen molar-refractivity contribution in [1.82, 2.24) is 4.90 Å². The summed E-state index contributed by atoms with van der Waals surface area (Å²) >= 11 is 0. The van der Waals surface area contributed by atoms with E-state index in [1.165, 1.54) is 0 Å². The van der Waals surface area contributed by atoms with Crippen molar-refractivity contribution in [3.8, 4) is 5.75 Å². The third-order valence-corrected chi connectivity index (χ3v) is 3.91. The van der Waals surface area contributed by atoms with Crippen LogP contribution in [0, 0.1) is 0 Å². The number of hydrogen-bond acceptors (Lipinski definition) is 4. The minimum atomic E-state index is -0.369. The second-order valence-electron chi connectivity index (χ2n) is 5.77. The lowest BCUT2D eigenvalue weighted by Gasteiger charge is -2.16. The van der Waals surface area contributed by atoms with Crippen LogP contribution in [0.3, 0.4) is 0 Å². The Hall–Kier alpha value is -2.33. The summed E-state index contributed by atoms with van der Waals surface area (Å²) in [6.07, 6.45) is 0.718. The molecular weight excluding hydrogens is 278 g/mol. The smallest absolute Gasteiger partial charge is 0.344 e. The summed E-state index contributed by atoms with van der Waals surface area (Å²) in [4.78, 5) is 14.2. The Morgan fingerprint density at radius 3 is 2.45 bits per heavy atom. The van der Waals surface area contributed by atoms with E-state index >= 15 is 0 Å². The van der Waals surface area contributed by atoms with Gasteiger partial charge in [-0.05, 0) is 43.6 Å². The normalized spacial score (nSPS) is 11.6. The van der Waals surface area contributed by atoms with Crippen molar-refractivity contribution in [1.29, 1.82) is 0 Å². The van der Waals surface area contributed by atoms with E-state index in [0.29, 0.717) is 23.1 Å². The van der Waals surface area contributed by atoms with Gasteiger partial charge >= 0.3 is 5.63 Å². The van der Waals surface area contributed by atoms with Crippen molar-refractivity contribution in [2.45, 2.75) is 19.9 Å². The Labute approximate surface area is 128 Å². The van der Waals surface area contributed by atoms with E-state index in [0.717, 1.165) is 22.8 Å². The Kier molecular flexibility index (Phi) is 3.62. The maximum Gasteiger partial charge on any atom is 0.344 e. The first-order valence-electron chi connectivity index (χ1n) is 7.37. The molecule has 3 rings (SSSR count). The molecule has 22 heavy (non-hydrogen) atoms. The molecule has 114 valence electrons. The highest BCUT2D eigenvalue weighted by Crippen LogP contribution is 2.34. The summed E-state index contributed by atoms with van der Waals surface area (Å²) < 4.78 is 5.55. The third-order valence-electron chi connectivity index (χ3n) is 3.91. The SMILES string of the molecule is CCc1cc2c(oc(=O)c3ccccc32)c(CN(C)C)c1O. The minimum Gasteiger partial charge on any atom is -0.507 e. The van der Waals surface area contributed by atoms with Crippen molar-refractivity contribution < 1.29 is 9.52 Å². The summed E-state index contributed by atoms with van der Waals surface area (Å²) in [6, 6.07) is 9.35. The second kappa shape index (κ2) is 5.46. The first-order chi connectivity index (χ1) is 10.5. The number of rotatable bonds is 3. The van der Waals surface area contributed by atoms with Crippen LogP contribution in [-0.2, 0) is 13.0 Å². The molecule has 4 heteroatoms. The number of hydrogen-bond donors (Lipinski definition) is 1. The zero-order valence-electron chi connectivity index (χ0n) is 13.0.